The molecule has 1 aliphatic rings. The Labute approximate surface area is 155 Å². The first-order chi connectivity index (χ1) is 12.3. The smallest absolute Gasteiger partial charge is 0.231 e. The molecular formula is C20H28N4O2. The SMILES string of the molecule is COc1ccc(C2(C(=O)NCCCn3nc(C)nc3C)CC2(C)C)cc1. The van der Waals surface area contributed by atoms with E-state index in [1.165, 1.54) is 0 Å². The summed E-state index contributed by atoms with van der Waals surface area (Å²) in [6.45, 7) is 9.52. The van der Waals surface area contributed by atoms with Crippen LogP contribution in [0.1, 0.15) is 43.9 Å². The highest BCUT2D eigenvalue weighted by Gasteiger charge is 2.66. The summed E-state index contributed by atoms with van der Waals surface area (Å²) in [5.74, 6) is 2.61. The van der Waals surface area contributed by atoms with Gasteiger partial charge in [0.15, 0.2) is 0 Å². The van der Waals surface area contributed by atoms with Crippen molar-refractivity contribution in [2.45, 2.75) is 52.5 Å². The van der Waals surface area contributed by atoms with Crippen molar-refractivity contribution >= 4 is 5.91 Å². The Balaban J connectivity index is 1.62. The number of amides is 1. The first-order valence-corrected chi connectivity index (χ1v) is 9.11. The monoisotopic (exact) mass is 356 g/mol. The van der Waals surface area contributed by atoms with Gasteiger partial charge in [-0.15, -0.1) is 0 Å². The average molecular weight is 356 g/mol. The molecule has 1 unspecified atom stereocenters. The summed E-state index contributed by atoms with van der Waals surface area (Å²) < 4.78 is 7.12. The molecule has 1 amide bonds. The Morgan fingerprint density at radius 3 is 2.42 bits per heavy atom. The zero-order chi connectivity index (χ0) is 18.9. The van der Waals surface area contributed by atoms with Crippen molar-refractivity contribution in [2.75, 3.05) is 13.7 Å². The van der Waals surface area contributed by atoms with E-state index in [2.05, 4.69) is 29.2 Å². The highest BCUT2D eigenvalue weighted by molar-refractivity contribution is 5.93. The first kappa shape index (κ1) is 18.4. The third-order valence-corrected chi connectivity index (χ3v) is 5.50. The maximum absolute atomic E-state index is 13.0. The van der Waals surface area contributed by atoms with Crippen LogP contribution in [0.2, 0.25) is 0 Å². The number of hydrogen-bond donors (Lipinski definition) is 1. The summed E-state index contributed by atoms with van der Waals surface area (Å²) in [4.78, 5) is 17.3. The number of hydrogen-bond acceptors (Lipinski definition) is 4. The molecule has 0 saturated heterocycles. The van der Waals surface area contributed by atoms with Gasteiger partial charge in [0.25, 0.3) is 0 Å². The molecule has 6 heteroatoms. The highest BCUT2D eigenvalue weighted by atomic mass is 16.5. The van der Waals surface area contributed by atoms with E-state index in [1.54, 1.807) is 7.11 Å². The van der Waals surface area contributed by atoms with E-state index in [-0.39, 0.29) is 11.3 Å². The zero-order valence-electron chi connectivity index (χ0n) is 16.3. The molecule has 0 spiro atoms. The normalized spacial score (nSPS) is 20.7. The van der Waals surface area contributed by atoms with Gasteiger partial charge in [-0.3, -0.25) is 9.48 Å². The molecule has 0 radical (unpaired) electrons. The molecule has 0 bridgehead atoms. The number of rotatable bonds is 7. The topological polar surface area (TPSA) is 69.0 Å². The fourth-order valence-electron chi connectivity index (χ4n) is 3.86. The Bertz CT molecular complexity index is 795. The van der Waals surface area contributed by atoms with Crippen molar-refractivity contribution in [1.29, 1.82) is 0 Å². The second-order valence-electron chi connectivity index (χ2n) is 7.73. The first-order valence-electron chi connectivity index (χ1n) is 9.11. The molecule has 1 N–H and O–H groups in total. The van der Waals surface area contributed by atoms with E-state index in [9.17, 15) is 4.79 Å². The third-order valence-electron chi connectivity index (χ3n) is 5.50. The largest absolute Gasteiger partial charge is 0.497 e. The van der Waals surface area contributed by atoms with Crippen LogP contribution in [0, 0.1) is 19.3 Å². The van der Waals surface area contributed by atoms with Crippen molar-refractivity contribution < 1.29 is 9.53 Å². The molecule has 1 aromatic heterocycles. The number of aromatic nitrogens is 3. The molecule has 6 nitrogen and oxygen atoms in total. The maximum atomic E-state index is 13.0. The van der Waals surface area contributed by atoms with Gasteiger partial charge in [-0.1, -0.05) is 26.0 Å². The van der Waals surface area contributed by atoms with E-state index in [4.69, 9.17) is 4.74 Å². The van der Waals surface area contributed by atoms with E-state index < -0.39 is 5.41 Å². The maximum Gasteiger partial charge on any atom is 0.231 e. The summed E-state index contributed by atoms with van der Waals surface area (Å²) in [5.41, 5.74) is 0.577. The summed E-state index contributed by atoms with van der Waals surface area (Å²) >= 11 is 0. The second-order valence-corrected chi connectivity index (χ2v) is 7.73. The molecule has 1 heterocycles. The Morgan fingerprint density at radius 1 is 1.27 bits per heavy atom. The number of nitrogens with zero attached hydrogens (tertiary/aromatic N) is 3. The van der Waals surface area contributed by atoms with Crippen molar-refractivity contribution in [1.82, 2.24) is 20.1 Å². The van der Waals surface area contributed by atoms with Gasteiger partial charge in [0.1, 0.15) is 17.4 Å². The Kier molecular flexibility index (Phi) is 4.78. The van der Waals surface area contributed by atoms with Crippen molar-refractivity contribution in [2.24, 2.45) is 5.41 Å². The number of methoxy groups -OCH3 is 1. The molecule has 1 aliphatic carbocycles. The van der Waals surface area contributed by atoms with E-state index >= 15 is 0 Å². The number of ether oxygens (including phenoxy) is 1. The van der Waals surface area contributed by atoms with Gasteiger partial charge in [-0.05, 0) is 49.8 Å². The van der Waals surface area contributed by atoms with Gasteiger partial charge in [0.2, 0.25) is 5.91 Å². The minimum Gasteiger partial charge on any atom is -0.497 e. The van der Waals surface area contributed by atoms with Crippen LogP contribution >= 0.6 is 0 Å². The minimum absolute atomic E-state index is 0.0364. The van der Waals surface area contributed by atoms with Crippen molar-refractivity contribution in [3.05, 3.63) is 41.5 Å². The molecule has 2 aromatic rings. The number of carbonyl (C=O) groups excluding carboxylic acids is 1. The Morgan fingerprint density at radius 2 is 1.92 bits per heavy atom. The van der Waals surface area contributed by atoms with Crippen molar-refractivity contribution in [3.63, 3.8) is 0 Å². The van der Waals surface area contributed by atoms with Crippen molar-refractivity contribution in [3.8, 4) is 5.75 Å². The van der Waals surface area contributed by atoms with Crippen LogP contribution in [-0.2, 0) is 16.8 Å². The van der Waals surface area contributed by atoms with Crippen LogP contribution < -0.4 is 10.1 Å². The molecule has 26 heavy (non-hydrogen) atoms. The minimum atomic E-state index is -0.445. The van der Waals surface area contributed by atoms with E-state index in [1.807, 2.05) is 42.8 Å². The summed E-state index contributed by atoms with van der Waals surface area (Å²) in [5, 5.41) is 7.49. The van der Waals surface area contributed by atoms with Crippen LogP contribution in [0.4, 0.5) is 0 Å². The predicted octanol–water partition coefficient (Wildman–Crippen LogP) is 2.78. The number of aryl methyl sites for hydroxylation is 3. The zero-order valence-corrected chi connectivity index (χ0v) is 16.3. The van der Waals surface area contributed by atoms with Crippen LogP contribution in [0.15, 0.2) is 24.3 Å². The fourth-order valence-corrected chi connectivity index (χ4v) is 3.86. The lowest BCUT2D eigenvalue weighted by Crippen LogP contribution is -2.38. The van der Waals surface area contributed by atoms with Gasteiger partial charge >= 0.3 is 0 Å². The molecule has 1 fully saturated rings. The van der Waals surface area contributed by atoms with Crippen LogP contribution in [-0.4, -0.2) is 34.3 Å². The van der Waals surface area contributed by atoms with Gasteiger partial charge in [-0.2, -0.15) is 5.10 Å². The van der Waals surface area contributed by atoms with Crippen LogP contribution in [0.5, 0.6) is 5.75 Å². The van der Waals surface area contributed by atoms with Gasteiger partial charge in [0, 0.05) is 13.1 Å². The standard InChI is InChI=1S/C20H28N4O2/c1-14-22-15(2)24(23-14)12-6-11-21-18(25)20(13-19(20,3)4)16-7-9-17(26-5)10-8-16/h7-10H,6,11-13H2,1-5H3,(H,21,25). The number of nitrogens with one attached hydrogen (secondary N) is 1. The molecular weight excluding hydrogens is 328 g/mol. The lowest BCUT2D eigenvalue weighted by atomic mass is 9.87. The molecule has 1 atom stereocenters. The molecule has 140 valence electrons. The summed E-state index contributed by atoms with van der Waals surface area (Å²) in [6.07, 6.45) is 1.69. The lowest BCUT2D eigenvalue weighted by molar-refractivity contribution is -0.124. The lowest BCUT2D eigenvalue weighted by Gasteiger charge is -2.21. The van der Waals surface area contributed by atoms with Gasteiger partial charge in [0.05, 0.1) is 12.5 Å². The summed E-state index contributed by atoms with van der Waals surface area (Å²) in [7, 11) is 1.65. The van der Waals surface area contributed by atoms with Gasteiger partial charge < -0.3 is 10.1 Å². The van der Waals surface area contributed by atoms with Crippen LogP contribution in [0.25, 0.3) is 0 Å². The van der Waals surface area contributed by atoms with Gasteiger partial charge in [-0.25, -0.2) is 4.98 Å². The third kappa shape index (κ3) is 3.20. The van der Waals surface area contributed by atoms with E-state index in [0.717, 1.165) is 42.3 Å². The van der Waals surface area contributed by atoms with Crippen LogP contribution in [0.3, 0.4) is 0 Å². The number of benzene rings is 1. The predicted molar refractivity (Wildman–Crippen MR) is 100 cm³/mol. The number of carbonyl (C=O) groups is 1. The quantitative estimate of drug-likeness (QED) is 0.775. The average Bonchev–Trinajstić information content (AvgIpc) is 3.06. The molecule has 1 saturated carbocycles. The van der Waals surface area contributed by atoms with E-state index in [0.29, 0.717) is 6.54 Å². The Hall–Kier alpha value is -2.37. The second kappa shape index (κ2) is 6.74. The molecule has 1 aromatic carbocycles. The molecule has 0 aliphatic heterocycles. The highest BCUT2D eigenvalue weighted by Crippen LogP contribution is 2.64. The molecule has 3 rings (SSSR count). The fraction of sp³-hybridized carbons (Fsp3) is 0.550. The summed E-state index contributed by atoms with van der Waals surface area (Å²) in [6, 6.07) is 7.87.